The van der Waals surface area contributed by atoms with Crippen molar-refractivity contribution < 1.29 is 9.47 Å². The molecule has 1 saturated heterocycles. The van der Waals surface area contributed by atoms with E-state index in [2.05, 4.69) is 44.3 Å². The molecule has 1 aromatic carbocycles. The number of rotatable bonds is 4. The molecule has 5 nitrogen and oxygen atoms in total. The van der Waals surface area contributed by atoms with Gasteiger partial charge in [0.25, 0.3) is 0 Å². The SMILES string of the molecule is CCOC1CC(N=C(N)Nc2cc(C)cc(C)c2)C12CCOCC2. The van der Waals surface area contributed by atoms with Gasteiger partial charge in [0.2, 0.25) is 0 Å². The molecule has 2 unspecified atom stereocenters. The first-order valence-electron chi connectivity index (χ1n) is 8.91. The molecule has 3 N–H and O–H groups in total. The van der Waals surface area contributed by atoms with E-state index in [1.165, 1.54) is 11.1 Å². The van der Waals surface area contributed by atoms with Crippen molar-refractivity contribution >= 4 is 11.6 Å². The van der Waals surface area contributed by atoms with Crippen molar-refractivity contribution in [2.75, 3.05) is 25.1 Å². The Kier molecular flexibility index (Phi) is 5.11. The second-order valence-corrected chi connectivity index (χ2v) is 7.06. The molecule has 132 valence electrons. The van der Waals surface area contributed by atoms with Crippen molar-refractivity contribution in [3.05, 3.63) is 29.3 Å². The number of benzene rings is 1. The molecule has 2 fully saturated rings. The maximum Gasteiger partial charge on any atom is 0.193 e. The van der Waals surface area contributed by atoms with Gasteiger partial charge in [-0.1, -0.05) is 6.07 Å². The number of nitrogens with one attached hydrogen (secondary N) is 1. The monoisotopic (exact) mass is 331 g/mol. The summed E-state index contributed by atoms with van der Waals surface area (Å²) in [6.07, 6.45) is 3.24. The van der Waals surface area contributed by atoms with E-state index < -0.39 is 0 Å². The summed E-state index contributed by atoms with van der Waals surface area (Å²) in [7, 11) is 0. The summed E-state index contributed by atoms with van der Waals surface area (Å²) in [5.74, 6) is 0.491. The van der Waals surface area contributed by atoms with Gasteiger partial charge in [-0.25, -0.2) is 4.99 Å². The van der Waals surface area contributed by atoms with Gasteiger partial charge < -0.3 is 20.5 Å². The predicted octanol–water partition coefficient (Wildman–Crippen LogP) is 3.00. The van der Waals surface area contributed by atoms with Gasteiger partial charge in [-0.15, -0.1) is 0 Å². The van der Waals surface area contributed by atoms with Crippen molar-refractivity contribution in [3.8, 4) is 0 Å². The second-order valence-electron chi connectivity index (χ2n) is 7.06. The largest absolute Gasteiger partial charge is 0.381 e. The lowest BCUT2D eigenvalue weighted by Crippen LogP contribution is -2.60. The van der Waals surface area contributed by atoms with E-state index in [1.54, 1.807) is 0 Å². The number of anilines is 1. The molecule has 1 aromatic rings. The summed E-state index contributed by atoms with van der Waals surface area (Å²) >= 11 is 0. The summed E-state index contributed by atoms with van der Waals surface area (Å²) in [4.78, 5) is 4.79. The standard InChI is InChI=1S/C19H29N3O2/c1-4-24-17-12-16(19(17)5-7-23-8-6-19)22-18(20)21-15-10-13(2)9-14(3)11-15/h9-11,16-17H,4-8,12H2,1-3H3,(H3,20,21,22). The van der Waals surface area contributed by atoms with Crippen molar-refractivity contribution in [1.82, 2.24) is 0 Å². The zero-order valence-corrected chi connectivity index (χ0v) is 15.0. The molecule has 1 aliphatic heterocycles. The van der Waals surface area contributed by atoms with E-state index in [0.29, 0.717) is 5.96 Å². The highest BCUT2D eigenvalue weighted by Gasteiger charge is 2.56. The van der Waals surface area contributed by atoms with Gasteiger partial charge >= 0.3 is 0 Å². The third kappa shape index (κ3) is 3.42. The number of aryl methyl sites for hydroxylation is 2. The Bertz CT molecular complexity index is 588. The van der Waals surface area contributed by atoms with Crippen LogP contribution in [-0.2, 0) is 9.47 Å². The van der Waals surface area contributed by atoms with Crippen LogP contribution in [0.3, 0.4) is 0 Å². The lowest BCUT2D eigenvalue weighted by Gasteiger charge is -2.55. The molecule has 0 bridgehead atoms. The average molecular weight is 331 g/mol. The summed E-state index contributed by atoms with van der Waals surface area (Å²) < 4.78 is 11.5. The van der Waals surface area contributed by atoms with E-state index in [-0.39, 0.29) is 17.6 Å². The fraction of sp³-hybridized carbons (Fsp3) is 0.632. The molecular formula is C19H29N3O2. The van der Waals surface area contributed by atoms with Crippen LogP contribution >= 0.6 is 0 Å². The topological polar surface area (TPSA) is 68.9 Å². The maximum atomic E-state index is 6.19. The lowest BCUT2D eigenvalue weighted by molar-refractivity contribution is -0.163. The van der Waals surface area contributed by atoms with Gasteiger partial charge in [0.15, 0.2) is 5.96 Å². The van der Waals surface area contributed by atoms with Crippen LogP contribution in [0.25, 0.3) is 0 Å². The van der Waals surface area contributed by atoms with Gasteiger partial charge in [0, 0.05) is 30.9 Å². The maximum absolute atomic E-state index is 6.19. The van der Waals surface area contributed by atoms with Crippen LogP contribution in [0, 0.1) is 19.3 Å². The highest BCUT2D eigenvalue weighted by Crippen LogP contribution is 2.52. The van der Waals surface area contributed by atoms with Crippen LogP contribution in [0.1, 0.15) is 37.3 Å². The molecule has 1 spiro atoms. The Morgan fingerprint density at radius 3 is 2.58 bits per heavy atom. The van der Waals surface area contributed by atoms with Crippen LogP contribution < -0.4 is 11.1 Å². The van der Waals surface area contributed by atoms with Gasteiger partial charge in [-0.2, -0.15) is 0 Å². The minimum atomic E-state index is 0.100. The van der Waals surface area contributed by atoms with Crippen molar-refractivity contribution in [2.45, 2.75) is 52.2 Å². The predicted molar refractivity (Wildman–Crippen MR) is 97.5 cm³/mol. The van der Waals surface area contributed by atoms with E-state index in [4.69, 9.17) is 20.2 Å². The van der Waals surface area contributed by atoms with Crippen LogP contribution in [-0.4, -0.2) is 37.9 Å². The third-order valence-corrected chi connectivity index (χ3v) is 5.32. The third-order valence-electron chi connectivity index (χ3n) is 5.32. The van der Waals surface area contributed by atoms with Crippen LogP contribution in [0.4, 0.5) is 5.69 Å². The van der Waals surface area contributed by atoms with Crippen LogP contribution in [0.15, 0.2) is 23.2 Å². The molecule has 2 aliphatic rings. The van der Waals surface area contributed by atoms with Crippen molar-refractivity contribution in [2.24, 2.45) is 16.1 Å². The molecule has 0 amide bonds. The highest BCUT2D eigenvalue weighted by atomic mass is 16.5. The summed E-state index contributed by atoms with van der Waals surface area (Å²) in [5.41, 5.74) is 9.72. The van der Waals surface area contributed by atoms with Gasteiger partial charge in [-0.05, 0) is 63.3 Å². The Hall–Kier alpha value is -1.59. The highest BCUT2D eigenvalue weighted by molar-refractivity contribution is 5.92. The first-order valence-corrected chi connectivity index (χ1v) is 8.91. The quantitative estimate of drug-likeness (QED) is 0.657. The molecule has 1 saturated carbocycles. The van der Waals surface area contributed by atoms with E-state index in [1.807, 2.05) is 0 Å². The smallest absolute Gasteiger partial charge is 0.193 e. The molecule has 2 atom stereocenters. The zero-order valence-electron chi connectivity index (χ0n) is 15.0. The lowest BCUT2D eigenvalue weighted by atomic mass is 9.58. The molecular weight excluding hydrogens is 302 g/mol. The molecule has 1 heterocycles. The second kappa shape index (κ2) is 7.11. The molecule has 0 aromatic heterocycles. The van der Waals surface area contributed by atoms with Gasteiger partial charge in [0.1, 0.15) is 0 Å². The number of nitrogens with zero attached hydrogens (tertiary/aromatic N) is 1. The van der Waals surface area contributed by atoms with E-state index >= 15 is 0 Å². The number of nitrogens with two attached hydrogens (primary N) is 1. The number of aliphatic imine (C=N–C) groups is 1. The number of guanidine groups is 1. The molecule has 5 heteroatoms. The van der Waals surface area contributed by atoms with E-state index in [9.17, 15) is 0 Å². The first kappa shape index (κ1) is 17.2. The van der Waals surface area contributed by atoms with Gasteiger partial charge in [-0.3, -0.25) is 0 Å². The van der Waals surface area contributed by atoms with Crippen molar-refractivity contribution in [1.29, 1.82) is 0 Å². The molecule has 0 radical (unpaired) electrons. The molecule has 3 rings (SSSR count). The minimum absolute atomic E-state index is 0.100. The normalized spacial score (nSPS) is 26.2. The fourth-order valence-corrected chi connectivity index (χ4v) is 4.14. The fourth-order valence-electron chi connectivity index (χ4n) is 4.14. The van der Waals surface area contributed by atoms with Gasteiger partial charge in [0.05, 0.1) is 12.1 Å². The molecule has 24 heavy (non-hydrogen) atoms. The zero-order chi connectivity index (χ0) is 17.2. The summed E-state index contributed by atoms with van der Waals surface area (Å²) in [6.45, 7) is 8.56. The number of ether oxygens (including phenoxy) is 2. The number of hydrogen-bond donors (Lipinski definition) is 2. The molecule has 1 aliphatic carbocycles. The van der Waals surface area contributed by atoms with Crippen molar-refractivity contribution in [3.63, 3.8) is 0 Å². The number of hydrogen-bond acceptors (Lipinski definition) is 3. The Morgan fingerprint density at radius 2 is 1.96 bits per heavy atom. The Labute approximate surface area is 144 Å². The minimum Gasteiger partial charge on any atom is -0.381 e. The van der Waals surface area contributed by atoms with E-state index in [0.717, 1.165) is 44.8 Å². The summed E-state index contributed by atoms with van der Waals surface area (Å²) in [5, 5.41) is 3.25. The average Bonchev–Trinajstić information content (AvgIpc) is 2.53. The van der Waals surface area contributed by atoms with Crippen LogP contribution in [0.2, 0.25) is 0 Å². The Balaban J connectivity index is 1.72. The van der Waals surface area contributed by atoms with Crippen LogP contribution in [0.5, 0.6) is 0 Å². The first-order chi connectivity index (χ1) is 11.5. The summed E-state index contributed by atoms with van der Waals surface area (Å²) in [6, 6.07) is 6.54. The Morgan fingerprint density at radius 1 is 1.29 bits per heavy atom.